The summed E-state index contributed by atoms with van der Waals surface area (Å²) >= 11 is 0. The molecule has 6 nitrogen and oxygen atoms in total. The highest BCUT2D eigenvalue weighted by Gasteiger charge is 2.33. The van der Waals surface area contributed by atoms with Gasteiger partial charge >= 0.3 is 5.69 Å². The zero-order chi connectivity index (χ0) is 12.6. The van der Waals surface area contributed by atoms with Crippen LogP contribution >= 0.6 is 0 Å². The van der Waals surface area contributed by atoms with Gasteiger partial charge in [-0.15, -0.1) is 0 Å². The number of nitro groups is 1. The summed E-state index contributed by atoms with van der Waals surface area (Å²) in [5.74, 6) is 1.10. The number of nitrogens with two attached hydrogens (primary N) is 1. The van der Waals surface area contributed by atoms with Crippen LogP contribution in [-0.4, -0.2) is 14.7 Å². The van der Waals surface area contributed by atoms with Crippen LogP contribution in [0.4, 0.5) is 11.5 Å². The molecule has 1 aromatic rings. The largest absolute Gasteiger partial charge is 0.378 e. The number of aromatic nitrogens is 2. The molecule has 0 aromatic carbocycles. The summed E-state index contributed by atoms with van der Waals surface area (Å²) < 4.78 is 1.65. The van der Waals surface area contributed by atoms with Gasteiger partial charge in [-0.05, 0) is 24.7 Å². The Hall–Kier alpha value is -1.59. The van der Waals surface area contributed by atoms with Crippen molar-refractivity contribution in [2.75, 3.05) is 5.73 Å². The van der Waals surface area contributed by atoms with E-state index in [1.807, 2.05) is 0 Å². The first-order valence-corrected chi connectivity index (χ1v) is 5.99. The van der Waals surface area contributed by atoms with E-state index in [1.165, 1.54) is 12.6 Å². The van der Waals surface area contributed by atoms with E-state index in [9.17, 15) is 10.1 Å². The zero-order valence-corrected chi connectivity index (χ0v) is 10.2. The number of nitrogen functional groups attached to an aromatic ring is 1. The van der Waals surface area contributed by atoms with Crippen molar-refractivity contribution in [2.24, 2.45) is 11.8 Å². The third-order valence-corrected chi connectivity index (χ3v) is 3.78. The topological polar surface area (TPSA) is 87.0 Å². The number of hydrogen-bond acceptors (Lipinski definition) is 4. The summed E-state index contributed by atoms with van der Waals surface area (Å²) in [4.78, 5) is 10.3. The fourth-order valence-electron chi connectivity index (χ4n) is 2.89. The van der Waals surface area contributed by atoms with Crippen LogP contribution in [0.1, 0.15) is 39.2 Å². The van der Waals surface area contributed by atoms with Crippen molar-refractivity contribution in [1.82, 2.24) is 9.78 Å². The summed E-state index contributed by atoms with van der Waals surface area (Å²) in [5.41, 5.74) is 5.73. The predicted octanol–water partition coefficient (Wildman–Crippen LogP) is 2.37. The Morgan fingerprint density at radius 2 is 2.06 bits per heavy atom. The van der Waals surface area contributed by atoms with Gasteiger partial charge in [-0.25, -0.2) is 4.68 Å². The molecular formula is C11H18N4O2. The van der Waals surface area contributed by atoms with Crippen molar-refractivity contribution in [2.45, 2.75) is 39.2 Å². The molecule has 1 aromatic heterocycles. The molecule has 1 saturated carbocycles. The fraction of sp³-hybridized carbons (Fsp3) is 0.727. The highest BCUT2D eigenvalue weighted by molar-refractivity contribution is 5.51. The van der Waals surface area contributed by atoms with Crippen molar-refractivity contribution in [1.29, 1.82) is 0 Å². The summed E-state index contributed by atoms with van der Waals surface area (Å²) in [6.07, 6.45) is 4.72. The molecule has 2 N–H and O–H groups in total. The lowest BCUT2D eigenvalue weighted by Gasteiger charge is -2.34. The van der Waals surface area contributed by atoms with E-state index in [0.717, 1.165) is 12.8 Å². The van der Waals surface area contributed by atoms with E-state index in [4.69, 9.17) is 5.73 Å². The van der Waals surface area contributed by atoms with Gasteiger partial charge in [0.05, 0.1) is 11.0 Å². The van der Waals surface area contributed by atoms with E-state index in [0.29, 0.717) is 11.8 Å². The second-order valence-corrected chi connectivity index (χ2v) is 4.99. The summed E-state index contributed by atoms with van der Waals surface area (Å²) in [7, 11) is 0. The zero-order valence-electron chi connectivity index (χ0n) is 10.2. The van der Waals surface area contributed by atoms with Crippen LogP contribution in [0, 0.1) is 22.0 Å². The van der Waals surface area contributed by atoms with Gasteiger partial charge in [-0.3, -0.25) is 10.1 Å². The van der Waals surface area contributed by atoms with Crippen LogP contribution in [-0.2, 0) is 0 Å². The van der Waals surface area contributed by atoms with Crippen LogP contribution in [0.15, 0.2) is 6.20 Å². The number of nitrogens with zero attached hydrogens (tertiary/aromatic N) is 3. The molecule has 0 radical (unpaired) electrons. The Kier molecular flexibility index (Phi) is 3.04. The van der Waals surface area contributed by atoms with Crippen molar-refractivity contribution in [3.05, 3.63) is 16.3 Å². The van der Waals surface area contributed by atoms with Crippen LogP contribution in [0.5, 0.6) is 0 Å². The van der Waals surface area contributed by atoms with Gasteiger partial charge in [0, 0.05) is 0 Å². The lowest BCUT2D eigenvalue weighted by Crippen LogP contribution is -2.29. The number of rotatable bonds is 2. The minimum atomic E-state index is -0.475. The molecule has 1 aliphatic carbocycles. The van der Waals surface area contributed by atoms with Gasteiger partial charge in [-0.1, -0.05) is 20.3 Å². The molecule has 2 atom stereocenters. The average Bonchev–Trinajstić information content (AvgIpc) is 2.61. The first-order valence-electron chi connectivity index (χ1n) is 5.99. The maximum atomic E-state index is 10.8. The molecule has 17 heavy (non-hydrogen) atoms. The smallest absolute Gasteiger partial charge is 0.330 e. The molecule has 1 heterocycles. The van der Waals surface area contributed by atoms with Crippen LogP contribution < -0.4 is 5.73 Å². The van der Waals surface area contributed by atoms with E-state index in [2.05, 4.69) is 18.9 Å². The second kappa shape index (κ2) is 4.35. The van der Waals surface area contributed by atoms with Gasteiger partial charge in [-0.2, -0.15) is 5.10 Å². The van der Waals surface area contributed by atoms with Gasteiger partial charge in [0.1, 0.15) is 6.20 Å². The molecule has 1 aliphatic rings. The molecule has 94 valence electrons. The lowest BCUT2D eigenvalue weighted by molar-refractivity contribution is -0.384. The number of hydrogen-bond donors (Lipinski definition) is 1. The van der Waals surface area contributed by atoms with E-state index >= 15 is 0 Å². The van der Waals surface area contributed by atoms with Crippen LogP contribution in [0.3, 0.4) is 0 Å². The molecule has 6 heteroatoms. The molecule has 0 aliphatic heterocycles. The predicted molar refractivity (Wildman–Crippen MR) is 64.5 cm³/mol. The Bertz CT molecular complexity index is 419. The monoisotopic (exact) mass is 238 g/mol. The Labute approximate surface area is 99.9 Å². The minimum Gasteiger partial charge on any atom is -0.378 e. The normalized spacial score (nSPS) is 29.2. The van der Waals surface area contributed by atoms with E-state index in [-0.39, 0.29) is 17.5 Å². The van der Waals surface area contributed by atoms with Crippen LogP contribution in [0.2, 0.25) is 0 Å². The SMILES string of the molecule is CC1CCCC(C)C1n1ncc([N+](=O)[O-])c1N. The molecular weight excluding hydrogens is 220 g/mol. The maximum Gasteiger partial charge on any atom is 0.330 e. The number of anilines is 1. The molecule has 2 rings (SSSR count). The first kappa shape index (κ1) is 11.9. The third-order valence-electron chi connectivity index (χ3n) is 3.78. The Morgan fingerprint density at radius 1 is 1.47 bits per heavy atom. The summed E-state index contributed by atoms with van der Waals surface area (Å²) in [6.45, 7) is 4.32. The van der Waals surface area contributed by atoms with Crippen LogP contribution in [0.25, 0.3) is 0 Å². The first-order chi connectivity index (χ1) is 8.02. The standard InChI is InChI=1S/C11H18N4O2/c1-7-4-3-5-8(2)10(7)14-11(12)9(6-13-14)15(16)17/h6-8,10H,3-5,12H2,1-2H3. The Balaban J connectivity index is 2.35. The highest BCUT2D eigenvalue weighted by Crippen LogP contribution is 2.40. The van der Waals surface area contributed by atoms with Gasteiger partial charge in [0.15, 0.2) is 0 Å². The highest BCUT2D eigenvalue weighted by atomic mass is 16.6. The molecule has 2 unspecified atom stereocenters. The van der Waals surface area contributed by atoms with Crippen molar-refractivity contribution >= 4 is 11.5 Å². The quantitative estimate of drug-likeness (QED) is 0.633. The molecule has 0 saturated heterocycles. The lowest BCUT2D eigenvalue weighted by atomic mass is 9.79. The van der Waals surface area contributed by atoms with Gasteiger partial charge in [0.2, 0.25) is 5.82 Å². The van der Waals surface area contributed by atoms with Gasteiger partial charge < -0.3 is 5.73 Å². The van der Waals surface area contributed by atoms with Crippen molar-refractivity contribution in [3.63, 3.8) is 0 Å². The summed E-state index contributed by atoms with van der Waals surface area (Å²) in [5, 5.41) is 14.9. The Morgan fingerprint density at radius 3 is 2.53 bits per heavy atom. The maximum absolute atomic E-state index is 10.8. The summed E-state index contributed by atoms with van der Waals surface area (Å²) in [6, 6.07) is 0.178. The average molecular weight is 238 g/mol. The molecule has 0 bridgehead atoms. The van der Waals surface area contributed by atoms with Crippen molar-refractivity contribution < 1.29 is 4.92 Å². The van der Waals surface area contributed by atoms with Gasteiger partial charge in [0.25, 0.3) is 0 Å². The van der Waals surface area contributed by atoms with E-state index < -0.39 is 4.92 Å². The third kappa shape index (κ3) is 1.99. The molecule has 1 fully saturated rings. The molecule has 0 amide bonds. The minimum absolute atomic E-state index is 0.0880. The second-order valence-electron chi connectivity index (χ2n) is 4.99. The molecule has 0 spiro atoms. The van der Waals surface area contributed by atoms with E-state index in [1.54, 1.807) is 4.68 Å². The van der Waals surface area contributed by atoms with Crippen molar-refractivity contribution in [3.8, 4) is 0 Å². The fourth-order valence-corrected chi connectivity index (χ4v) is 2.89.